The average Bonchev–Trinajstić information content (AvgIpc) is 3.03. The molecule has 2 rings (SSSR count). The number of ether oxygens (including phenoxy) is 2. The molecule has 0 unspecified atom stereocenters. The molecule has 16 heavy (non-hydrogen) atoms. The Morgan fingerprint density at radius 3 is 2.81 bits per heavy atom. The van der Waals surface area contributed by atoms with Gasteiger partial charge in [-0.2, -0.15) is 0 Å². The zero-order chi connectivity index (χ0) is 11.5. The zero-order valence-electron chi connectivity index (χ0n) is 9.77. The predicted octanol–water partition coefficient (Wildman–Crippen LogP) is 1.87. The summed E-state index contributed by atoms with van der Waals surface area (Å²) in [7, 11) is 0. The smallest absolute Gasteiger partial charge is 0.214 e. The predicted molar refractivity (Wildman–Crippen MR) is 61.5 cm³/mol. The molecule has 0 radical (unpaired) electrons. The normalized spacial score (nSPS) is 15.2. The van der Waals surface area contributed by atoms with E-state index in [0.29, 0.717) is 18.5 Å². The first kappa shape index (κ1) is 11.2. The Morgan fingerprint density at radius 1 is 1.50 bits per heavy atom. The molecule has 4 heteroatoms. The third kappa shape index (κ3) is 2.85. The zero-order valence-corrected chi connectivity index (χ0v) is 9.77. The maximum Gasteiger partial charge on any atom is 0.214 e. The first-order chi connectivity index (χ1) is 7.69. The fraction of sp³-hybridized carbons (Fsp3) is 0.583. The molecule has 1 heterocycles. The summed E-state index contributed by atoms with van der Waals surface area (Å²) in [6, 6.07) is 1.86. The Bertz CT molecular complexity index is 362. The minimum absolute atomic E-state index is 0.119. The quantitative estimate of drug-likeness (QED) is 0.826. The van der Waals surface area contributed by atoms with Crippen molar-refractivity contribution in [3.63, 3.8) is 0 Å². The molecular weight excluding hydrogens is 204 g/mol. The highest BCUT2D eigenvalue weighted by molar-refractivity contribution is 5.35. The average molecular weight is 222 g/mol. The molecular formula is C12H18N2O2. The summed E-state index contributed by atoms with van der Waals surface area (Å²) in [5, 5.41) is 0. The van der Waals surface area contributed by atoms with Crippen molar-refractivity contribution in [3.8, 4) is 11.6 Å². The Kier molecular flexibility index (Phi) is 3.29. The van der Waals surface area contributed by atoms with Gasteiger partial charge >= 0.3 is 0 Å². The number of aromatic nitrogens is 1. The minimum atomic E-state index is 0.119. The van der Waals surface area contributed by atoms with E-state index in [1.165, 1.54) is 0 Å². The van der Waals surface area contributed by atoms with Gasteiger partial charge in [0.1, 0.15) is 5.75 Å². The molecule has 2 N–H and O–H groups in total. The standard InChI is InChI=1S/C12H18N2O2/c1-8(2)15-12-5-9(6-13)11(7-14-12)16-10-3-4-10/h5,7-8,10H,3-4,6,13H2,1-2H3. The second-order valence-electron chi connectivity index (χ2n) is 4.32. The van der Waals surface area contributed by atoms with Gasteiger partial charge < -0.3 is 15.2 Å². The Morgan fingerprint density at radius 2 is 2.25 bits per heavy atom. The Labute approximate surface area is 95.8 Å². The molecule has 0 aromatic carbocycles. The van der Waals surface area contributed by atoms with Crippen LogP contribution in [0, 0.1) is 0 Å². The summed E-state index contributed by atoms with van der Waals surface area (Å²) in [6.45, 7) is 4.38. The van der Waals surface area contributed by atoms with Crippen LogP contribution in [-0.4, -0.2) is 17.2 Å². The Hall–Kier alpha value is -1.29. The van der Waals surface area contributed by atoms with Gasteiger partial charge in [-0.3, -0.25) is 0 Å². The number of pyridine rings is 1. The van der Waals surface area contributed by atoms with Crippen molar-refractivity contribution in [1.29, 1.82) is 0 Å². The topological polar surface area (TPSA) is 57.4 Å². The van der Waals surface area contributed by atoms with Gasteiger partial charge in [-0.25, -0.2) is 4.98 Å². The van der Waals surface area contributed by atoms with E-state index < -0.39 is 0 Å². The monoisotopic (exact) mass is 222 g/mol. The van der Waals surface area contributed by atoms with Crippen LogP contribution in [0.5, 0.6) is 11.6 Å². The summed E-state index contributed by atoms with van der Waals surface area (Å²) in [5.41, 5.74) is 6.64. The molecule has 4 nitrogen and oxygen atoms in total. The van der Waals surface area contributed by atoms with E-state index in [9.17, 15) is 0 Å². The summed E-state index contributed by atoms with van der Waals surface area (Å²) >= 11 is 0. The fourth-order valence-corrected chi connectivity index (χ4v) is 1.40. The van der Waals surface area contributed by atoms with Crippen molar-refractivity contribution >= 4 is 0 Å². The van der Waals surface area contributed by atoms with Crippen molar-refractivity contribution in [1.82, 2.24) is 4.98 Å². The van der Waals surface area contributed by atoms with E-state index in [0.717, 1.165) is 24.2 Å². The van der Waals surface area contributed by atoms with Gasteiger partial charge in [0.05, 0.1) is 18.4 Å². The molecule has 0 saturated heterocycles. The Balaban J connectivity index is 2.12. The molecule has 0 spiro atoms. The lowest BCUT2D eigenvalue weighted by molar-refractivity contribution is 0.230. The number of nitrogens with zero attached hydrogens (tertiary/aromatic N) is 1. The maximum atomic E-state index is 5.71. The van der Waals surface area contributed by atoms with E-state index in [1.54, 1.807) is 6.20 Å². The fourth-order valence-electron chi connectivity index (χ4n) is 1.40. The lowest BCUT2D eigenvalue weighted by atomic mass is 10.2. The summed E-state index contributed by atoms with van der Waals surface area (Å²) in [4.78, 5) is 4.21. The SMILES string of the molecule is CC(C)Oc1cc(CN)c(OC2CC2)cn1. The third-order valence-corrected chi connectivity index (χ3v) is 2.32. The number of rotatable bonds is 5. The van der Waals surface area contributed by atoms with E-state index in [2.05, 4.69) is 4.98 Å². The first-order valence-corrected chi connectivity index (χ1v) is 5.71. The first-order valence-electron chi connectivity index (χ1n) is 5.71. The highest BCUT2D eigenvalue weighted by atomic mass is 16.5. The third-order valence-electron chi connectivity index (χ3n) is 2.32. The van der Waals surface area contributed by atoms with Crippen LogP contribution in [0.3, 0.4) is 0 Å². The van der Waals surface area contributed by atoms with Crippen LogP contribution in [0.15, 0.2) is 12.3 Å². The van der Waals surface area contributed by atoms with Crippen molar-refractivity contribution in [3.05, 3.63) is 17.8 Å². The summed E-state index contributed by atoms with van der Waals surface area (Å²) in [5.74, 6) is 1.40. The van der Waals surface area contributed by atoms with Crippen molar-refractivity contribution in [2.45, 2.75) is 45.4 Å². The van der Waals surface area contributed by atoms with Crippen molar-refractivity contribution in [2.75, 3.05) is 0 Å². The second-order valence-corrected chi connectivity index (χ2v) is 4.32. The van der Waals surface area contributed by atoms with Crippen LogP contribution in [-0.2, 0) is 6.54 Å². The van der Waals surface area contributed by atoms with Crippen LogP contribution >= 0.6 is 0 Å². The van der Waals surface area contributed by atoms with Crippen molar-refractivity contribution in [2.24, 2.45) is 5.73 Å². The van der Waals surface area contributed by atoms with Gasteiger partial charge in [0.15, 0.2) is 0 Å². The van der Waals surface area contributed by atoms with Gasteiger partial charge in [0.2, 0.25) is 5.88 Å². The van der Waals surface area contributed by atoms with Gasteiger partial charge in [-0.1, -0.05) is 0 Å². The summed E-state index contributed by atoms with van der Waals surface area (Å²) in [6.07, 6.45) is 4.46. The minimum Gasteiger partial charge on any atom is -0.488 e. The number of hydrogen-bond acceptors (Lipinski definition) is 4. The summed E-state index contributed by atoms with van der Waals surface area (Å²) < 4.78 is 11.2. The molecule has 0 amide bonds. The highest BCUT2D eigenvalue weighted by Gasteiger charge is 2.24. The van der Waals surface area contributed by atoms with E-state index >= 15 is 0 Å². The van der Waals surface area contributed by atoms with Gasteiger partial charge in [-0.05, 0) is 26.7 Å². The molecule has 1 aromatic heterocycles. The molecule has 0 atom stereocenters. The molecule has 1 fully saturated rings. The lowest BCUT2D eigenvalue weighted by Gasteiger charge is -2.13. The molecule has 1 aliphatic rings. The second kappa shape index (κ2) is 4.70. The largest absolute Gasteiger partial charge is 0.488 e. The molecule has 88 valence electrons. The van der Waals surface area contributed by atoms with Crippen LogP contribution in [0.4, 0.5) is 0 Å². The molecule has 0 aliphatic heterocycles. The van der Waals surface area contributed by atoms with Crippen LogP contribution < -0.4 is 15.2 Å². The van der Waals surface area contributed by atoms with Gasteiger partial charge in [0.25, 0.3) is 0 Å². The van der Waals surface area contributed by atoms with Gasteiger partial charge in [0, 0.05) is 18.2 Å². The molecule has 1 aromatic rings. The van der Waals surface area contributed by atoms with E-state index in [-0.39, 0.29) is 6.10 Å². The van der Waals surface area contributed by atoms with Crippen LogP contribution in [0.25, 0.3) is 0 Å². The lowest BCUT2D eigenvalue weighted by Crippen LogP contribution is -2.09. The van der Waals surface area contributed by atoms with E-state index in [4.69, 9.17) is 15.2 Å². The van der Waals surface area contributed by atoms with Crippen molar-refractivity contribution < 1.29 is 9.47 Å². The van der Waals surface area contributed by atoms with Crippen LogP contribution in [0.2, 0.25) is 0 Å². The number of nitrogens with two attached hydrogens (primary N) is 1. The van der Waals surface area contributed by atoms with Gasteiger partial charge in [-0.15, -0.1) is 0 Å². The van der Waals surface area contributed by atoms with E-state index in [1.807, 2.05) is 19.9 Å². The van der Waals surface area contributed by atoms with Crippen LogP contribution in [0.1, 0.15) is 32.3 Å². The molecule has 0 bridgehead atoms. The molecule has 1 aliphatic carbocycles. The molecule has 1 saturated carbocycles. The highest BCUT2D eigenvalue weighted by Crippen LogP contribution is 2.30. The maximum absolute atomic E-state index is 5.71. The number of hydrogen-bond donors (Lipinski definition) is 1.